The van der Waals surface area contributed by atoms with Crippen LogP contribution in [0.25, 0.3) is 71.9 Å². The van der Waals surface area contributed by atoms with E-state index in [1.54, 1.807) is 0 Å². The molecule has 3 nitrogen and oxygen atoms in total. The molecule has 202 valence electrons. The largest absolute Gasteiger partial charge is 0.455 e. The Morgan fingerprint density at radius 2 is 1.33 bits per heavy atom. The number of hydrogen-bond donors (Lipinski definition) is 0. The molecule has 2 heterocycles. The van der Waals surface area contributed by atoms with Gasteiger partial charge in [-0.15, -0.1) is 0 Å². The van der Waals surface area contributed by atoms with Gasteiger partial charge in [-0.25, -0.2) is 4.98 Å². The number of benzene rings is 6. The Hall–Kier alpha value is -5.15. The molecule has 0 aliphatic heterocycles. The van der Waals surface area contributed by atoms with Crippen LogP contribution < -0.4 is 0 Å². The van der Waals surface area contributed by atoms with Crippen molar-refractivity contribution in [3.63, 3.8) is 0 Å². The minimum Gasteiger partial charge on any atom is -0.455 e. The van der Waals surface area contributed by atoms with E-state index in [0.29, 0.717) is 0 Å². The molecular formula is C39H30N2O. The molecule has 0 N–H and O–H groups in total. The van der Waals surface area contributed by atoms with Gasteiger partial charge in [0.1, 0.15) is 17.0 Å². The van der Waals surface area contributed by atoms with E-state index in [0.717, 1.165) is 55.4 Å². The summed E-state index contributed by atoms with van der Waals surface area (Å²) in [5.41, 5.74) is 9.50. The predicted octanol–water partition coefficient (Wildman–Crippen LogP) is 10.7. The standard InChI is InChI=1S/C39H30N2O/c1-39(2,3)32-24-27(25-12-5-4-6-13-25)21-23-34(32)41-35-19-10-9-18-33(35)40-38(41)31-17-11-16-29-30-22-20-26-14-7-8-15-28(26)36(30)42-37(29)31/h4-24H,1-3H3. The number of imidazole rings is 1. The highest BCUT2D eigenvalue weighted by atomic mass is 16.3. The molecule has 0 fully saturated rings. The summed E-state index contributed by atoms with van der Waals surface area (Å²) in [6.07, 6.45) is 0. The van der Waals surface area contributed by atoms with Crippen LogP contribution in [0.15, 0.2) is 132 Å². The molecule has 0 saturated carbocycles. The van der Waals surface area contributed by atoms with Crippen molar-refractivity contribution in [1.82, 2.24) is 9.55 Å². The fraction of sp³-hybridized carbons (Fsp3) is 0.103. The number of nitrogens with zero attached hydrogens (tertiary/aromatic N) is 2. The van der Waals surface area contributed by atoms with Crippen molar-refractivity contribution in [2.75, 3.05) is 0 Å². The minimum absolute atomic E-state index is 0.104. The lowest BCUT2D eigenvalue weighted by atomic mass is 9.83. The maximum atomic E-state index is 6.76. The first kappa shape index (κ1) is 24.6. The van der Waals surface area contributed by atoms with Gasteiger partial charge in [0.2, 0.25) is 0 Å². The van der Waals surface area contributed by atoms with E-state index < -0.39 is 0 Å². The maximum Gasteiger partial charge on any atom is 0.149 e. The molecule has 8 aromatic rings. The predicted molar refractivity (Wildman–Crippen MR) is 175 cm³/mol. The third-order valence-electron chi connectivity index (χ3n) is 8.34. The van der Waals surface area contributed by atoms with Gasteiger partial charge in [-0.05, 0) is 63.9 Å². The summed E-state index contributed by atoms with van der Waals surface area (Å²) in [6.45, 7) is 6.85. The van der Waals surface area contributed by atoms with E-state index >= 15 is 0 Å². The Labute approximate surface area is 244 Å². The van der Waals surface area contributed by atoms with Gasteiger partial charge in [-0.2, -0.15) is 0 Å². The van der Waals surface area contributed by atoms with Crippen molar-refractivity contribution in [1.29, 1.82) is 0 Å². The summed E-state index contributed by atoms with van der Waals surface area (Å²) in [5, 5.41) is 4.52. The Morgan fingerprint density at radius 1 is 0.595 bits per heavy atom. The number of hydrogen-bond acceptors (Lipinski definition) is 2. The van der Waals surface area contributed by atoms with E-state index in [1.807, 2.05) is 0 Å². The number of furan rings is 1. The lowest BCUT2D eigenvalue weighted by molar-refractivity contribution is 0.587. The zero-order chi connectivity index (χ0) is 28.4. The van der Waals surface area contributed by atoms with Crippen LogP contribution in [0, 0.1) is 0 Å². The molecule has 42 heavy (non-hydrogen) atoms. The van der Waals surface area contributed by atoms with E-state index in [2.05, 4.69) is 153 Å². The second kappa shape index (κ2) is 9.19. The lowest BCUT2D eigenvalue weighted by Crippen LogP contribution is -2.16. The Bertz CT molecular complexity index is 2280. The van der Waals surface area contributed by atoms with Crippen molar-refractivity contribution in [2.24, 2.45) is 0 Å². The van der Waals surface area contributed by atoms with Gasteiger partial charge in [0.15, 0.2) is 0 Å². The van der Waals surface area contributed by atoms with Gasteiger partial charge >= 0.3 is 0 Å². The Morgan fingerprint density at radius 3 is 2.19 bits per heavy atom. The van der Waals surface area contributed by atoms with Crippen LogP contribution in [0.3, 0.4) is 0 Å². The third kappa shape index (κ3) is 3.77. The zero-order valence-corrected chi connectivity index (χ0v) is 23.9. The van der Waals surface area contributed by atoms with Crippen LogP contribution >= 0.6 is 0 Å². The lowest BCUT2D eigenvalue weighted by Gasteiger charge is -2.25. The van der Waals surface area contributed by atoms with Crippen molar-refractivity contribution >= 4 is 43.7 Å². The summed E-state index contributed by atoms with van der Waals surface area (Å²) < 4.78 is 9.08. The summed E-state index contributed by atoms with van der Waals surface area (Å²) in [5.74, 6) is 0.878. The van der Waals surface area contributed by atoms with Crippen LogP contribution in [-0.2, 0) is 5.41 Å². The first-order chi connectivity index (χ1) is 20.5. The number of para-hydroxylation sites is 3. The fourth-order valence-electron chi connectivity index (χ4n) is 6.29. The Balaban J connectivity index is 1.44. The van der Waals surface area contributed by atoms with Crippen molar-refractivity contribution in [2.45, 2.75) is 26.2 Å². The molecule has 0 spiro atoms. The second-order valence-corrected chi connectivity index (χ2v) is 12.1. The molecule has 0 aliphatic carbocycles. The highest BCUT2D eigenvalue weighted by molar-refractivity contribution is 6.17. The first-order valence-electron chi connectivity index (χ1n) is 14.5. The highest BCUT2D eigenvalue weighted by Crippen LogP contribution is 2.42. The molecule has 0 saturated heterocycles. The van der Waals surface area contributed by atoms with Gasteiger partial charge in [0, 0.05) is 16.2 Å². The third-order valence-corrected chi connectivity index (χ3v) is 8.34. The van der Waals surface area contributed by atoms with Gasteiger partial charge in [0.05, 0.1) is 22.3 Å². The smallest absolute Gasteiger partial charge is 0.149 e. The second-order valence-electron chi connectivity index (χ2n) is 12.1. The first-order valence-corrected chi connectivity index (χ1v) is 14.5. The van der Waals surface area contributed by atoms with Crippen LogP contribution in [0.1, 0.15) is 26.3 Å². The summed E-state index contributed by atoms with van der Waals surface area (Å²) >= 11 is 0. The molecule has 0 unspecified atom stereocenters. The van der Waals surface area contributed by atoms with Crippen LogP contribution in [0.2, 0.25) is 0 Å². The molecule has 0 bridgehead atoms. The topological polar surface area (TPSA) is 31.0 Å². The average molecular weight is 543 g/mol. The zero-order valence-electron chi connectivity index (χ0n) is 23.9. The van der Waals surface area contributed by atoms with Crippen LogP contribution in [-0.4, -0.2) is 9.55 Å². The van der Waals surface area contributed by atoms with Gasteiger partial charge < -0.3 is 4.42 Å². The van der Waals surface area contributed by atoms with E-state index in [-0.39, 0.29) is 5.41 Å². The molecule has 6 aromatic carbocycles. The SMILES string of the molecule is CC(C)(C)c1cc(-c2ccccc2)ccc1-n1c(-c2cccc3c2oc2c4ccccc4ccc32)nc2ccccc21. The molecule has 2 aromatic heterocycles. The van der Waals surface area contributed by atoms with Gasteiger partial charge in [0.25, 0.3) is 0 Å². The van der Waals surface area contributed by atoms with Crippen molar-refractivity contribution in [3.8, 4) is 28.2 Å². The molecule has 3 heteroatoms. The maximum absolute atomic E-state index is 6.76. The summed E-state index contributed by atoms with van der Waals surface area (Å²) in [7, 11) is 0. The summed E-state index contributed by atoms with van der Waals surface area (Å²) in [6, 6.07) is 45.0. The van der Waals surface area contributed by atoms with Crippen molar-refractivity contribution in [3.05, 3.63) is 133 Å². The van der Waals surface area contributed by atoms with E-state index in [4.69, 9.17) is 9.40 Å². The molecule has 8 rings (SSSR count). The molecule has 0 amide bonds. The number of aromatic nitrogens is 2. The minimum atomic E-state index is -0.104. The molecule has 0 radical (unpaired) electrons. The number of rotatable bonds is 3. The highest BCUT2D eigenvalue weighted by Gasteiger charge is 2.25. The average Bonchev–Trinajstić information content (AvgIpc) is 3.60. The van der Waals surface area contributed by atoms with Crippen LogP contribution in [0.4, 0.5) is 0 Å². The van der Waals surface area contributed by atoms with Crippen molar-refractivity contribution < 1.29 is 4.42 Å². The molecule has 0 atom stereocenters. The molecule has 0 aliphatic rings. The quantitative estimate of drug-likeness (QED) is 0.222. The number of fused-ring (bicyclic) bond motifs is 6. The Kier molecular flexibility index (Phi) is 5.39. The summed E-state index contributed by atoms with van der Waals surface area (Å²) in [4.78, 5) is 5.25. The van der Waals surface area contributed by atoms with Gasteiger partial charge in [-0.1, -0.05) is 112 Å². The normalized spacial score (nSPS) is 12.2. The van der Waals surface area contributed by atoms with E-state index in [9.17, 15) is 0 Å². The van der Waals surface area contributed by atoms with E-state index in [1.165, 1.54) is 22.1 Å². The molecular weight excluding hydrogens is 512 g/mol. The monoisotopic (exact) mass is 542 g/mol. The fourth-order valence-corrected chi connectivity index (χ4v) is 6.29. The van der Waals surface area contributed by atoms with Gasteiger partial charge in [-0.3, -0.25) is 4.57 Å². The van der Waals surface area contributed by atoms with Crippen LogP contribution in [0.5, 0.6) is 0 Å².